The molecule has 0 bridgehead atoms. The topological polar surface area (TPSA) is 111 Å². The van der Waals surface area contributed by atoms with E-state index in [1.807, 2.05) is 0 Å². The number of nitrogens with one attached hydrogen (secondary N) is 3. The van der Waals surface area contributed by atoms with Crippen LogP contribution in [0.2, 0.25) is 0 Å². The van der Waals surface area contributed by atoms with E-state index < -0.39 is 17.5 Å². The van der Waals surface area contributed by atoms with Crippen molar-refractivity contribution in [1.29, 1.82) is 0 Å². The summed E-state index contributed by atoms with van der Waals surface area (Å²) in [5.41, 5.74) is -0.739. The monoisotopic (exact) mass is 354 g/mol. The van der Waals surface area contributed by atoms with Crippen molar-refractivity contribution in [2.75, 3.05) is 11.9 Å². The number of pyridine rings is 1. The van der Waals surface area contributed by atoms with Crippen molar-refractivity contribution in [3.63, 3.8) is 0 Å². The molecule has 1 saturated heterocycles. The minimum Gasteiger partial charge on any atom is -0.329 e. The van der Waals surface area contributed by atoms with Crippen LogP contribution >= 0.6 is 0 Å². The van der Waals surface area contributed by atoms with E-state index in [0.717, 1.165) is 23.1 Å². The lowest BCUT2D eigenvalue weighted by Crippen LogP contribution is -2.46. The van der Waals surface area contributed by atoms with Crippen molar-refractivity contribution in [3.8, 4) is 0 Å². The van der Waals surface area contributed by atoms with Gasteiger partial charge in [0.25, 0.3) is 11.5 Å². The van der Waals surface area contributed by atoms with Gasteiger partial charge in [0.1, 0.15) is 12.1 Å². The summed E-state index contributed by atoms with van der Waals surface area (Å²) in [5, 5.41) is 6.54. The van der Waals surface area contributed by atoms with E-state index >= 15 is 0 Å². The molecule has 0 radical (unpaired) electrons. The molecule has 1 aliphatic carbocycles. The molecule has 2 fully saturated rings. The summed E-state index contributed by atoms with van der Waals surface area (Å²) in [6.07, 6.45) is 3.35. The average Bonchev–Trinajstić information content (AvgIpc) is 3.42. The fraction of sp³-hybridized carbons (Fsp3) is 0.333. The molecule has 3 N–H and O–H groups in total. The summed E-state index contributed by atoms with van der Waals surface area (Å²) in [4.78, 5) is 52.3. The van der Waals surface area contributed by atoms with E-state index in [1.165, 1.54) is 0 Å². The summed E-state index contributed by atoms with van der Waals surface area (Å²) >= 11 is 0. The first-order chi connectivity index (χ1) is 12.4. The average molecular weight is 354 g/mol. The van der Waals surface area contributed by atoms with Gasteiger partial charge in [0.05, 0.1) is 0 Å². The van der Waals surface area contributed by atoms with Gasteiger partial charge in [0.2, 0.25) is 5.91 Å². The Kier molecular flexibility index (Phi) is 3.57. The van der Waals surface area contributed by atoms with Crippen LogP contribution in [0.5, 0.6) is 0 Å². The Morgan fingerprint density at radius 3 is 2.77 bits per heavy atom. The Balaban J connectivity index is 1.49. The Hall–Kier alpha value is -3.16. The smallest absolute Gasteiger partial charge is 0.325 e. The highest BCUT2D eigenvalue weighted by molar-refractivity contribution is 6.10. The number of hydrogen-bond acceptors (Lipinski definition) is 4. The quantitative estimate of drug-likeness (QED) is 0.716. The molecular weight excluding hydrogens is 336 g/mol. The number of anilines is 1. The molecule has 1 atom stereocenters. The molecule has 1 aromatic heterocycles. The molecule has 1 unspecified atom stereocenters. The van der Waals surface area contributed by atoms with E-state index in [-0.39, 0.29) is 23.9 Å². The van der Waals surface area contributed by atoms with Gasteiger partial charge in [-0.15, -0.1) is 0 Å². The molecule has 2 heterocycles. The standard InChI is InChI=1S/C18H18N4O4/c1-18(11-3-4-11)16(25)22(17(26)21-18)9-14(23)20-12-5-2-10-6-7-19-15(24)13(10)8-12/h2,5-8,11H,3-4,9H2,1H3,(H,19,24)(H,20,23)(H,21,26). The Morgan fingerprint density at radius 2 is 2.04 bits per heavy atom. The summed E-state index contributed by atoms with van der Waals surface area (Å²) in [6, 6.07) is 6.16. The Bertz CT molecular complexity index is 994. The number of H-pyrrole nitrogens is 1. The first kappa shape index (κ1) is 16.3. The SMILES string of the molecule is CC1(C2CC2)NC(=O)N(CC(=O)Nc2ccc3cc[nH]c(=O)c3c2)C1=O. The predicted octanol–water partition coefficient (Wildman–Crippen LogP) is 1.19. The van der Waals surface area contributed by atoms with Crippen LogP contribution in [-0.2, 0) is 9.59 Å². The van der Waals surface area contributed by atoms with E-state index in [4.69, 9.17) is 0 Å². The zero-order valence-electron chi connectivity index (χ0n) is 14.2. The Labute approximate surface area is 148 Å². The molecule has 1 saturated carbocycles. The van der Waals surface area contributed by atoms with E-state index in [9.17, 15) is 19.2 Å². The highest BCUT2D eigenvalue weighted by Crippen LogP contribution is 2.42. The zero-order chi connectivity index (χ0) is 18.5. The number of imide groups is 1. The minimum absolute atomic E-state index is 0.138. The van der Waals surface area contributed by atoms with Crippen LogP contribution in [0, 0.1) is 5.92 Å². The number of aromatic nitrogens is 1. The third-order valence-corrected chi connectivity index (χ3v) is 5.06. The molecule has 4 amide bonds. The van der Waals surface area contributed by atoms with Gasteiger partial charge < -0.3 is 15.6 Å². The normalized spacial score (nSPS) is 22.6. The van der Waals surface area contributed by atoms with Crippen molar-refractivity contribution in [2.24, 2.45) is 5.92 Å². The number of rotatable bonds is 4. The summed E-state index contributed by atoms with van der Waals surface area (Å²) < 4.78 is 0. The third kappa shape index (κ3) is 2.63. The molecule has 4 rings (SSSR count). The van der Waals surface area contributed by atoms with Gasteiger partial charge >= 0.3 is 6.03 Å². The fourth-order valence-electron chi connectivity index (χ4n) is 3.40. The number of fused-ring (bicyclic) bond motifs is 1. The van der Waals surface area contributed by atoms with Crippen molar-refractivity contribution < 1.29 is 14.4 Å². The summed E-state index contributed by atoms with van der Waals surface area (Å²) in [6.45, 7) is 1.34. The van der Waals surface area contributed by atoms with Gasteiger partial charge in [0.15, 0.2) is 0 Å². The number of amides is 4. The maximum absolute atomic E-state index is 12.5. The van der Waals surface area contributed by atoms with Crippen molar-refractivity contribution in [1.82, 2.24) is 15.2 Å². The van der Waals surface area contributed by atoms with E-state index in [2.05, 4.69) is 15.6 Å². The predicted molar refractivity (Wildman–Crippen MR) is 94.6 cm³/mol. The van der Waals surface area contributed by atoms with Crippen LogP contribution < -0.4 is 16.2 Å². The lowest BCUT2D eigenvalue weighted by Gasteiger charge is -2.20. The van der Waals surface area contributed by atoms with Gasteiger partial charge in [-0.2, -0.15) is 0 Å². The largest absolute Gasteiger partial charge is 0.329 e. The number of hydrogen-bond donors (Lipinski definition) is 3. The van der Waals surface area contributed by atoms with Crippen molar-refractivity contribution in [3.05, 3.63) is 40.8 Å². The van der Waals surface area contributed by atoms with Gasteiger partial charge in [-0.05, 0) is 49.3 Å². The second-order valence-electron chi connectivity index (χ2n) is 6.96. The highest BCUT2D eigenvalue weighted by Gasteiger charge is 2.56. The third-order valence-electron chi connectivity index (χ3n) is 5.06. The van der Waals surface area contributed by atoms with Crippen LogP contribution in [0.3, 0.4) is 0 Å². The second kappa shape index (κ2) is 5.69. The molecule has 1 aliphatic heterocycles. The van der Waals surface area contributed by atoms with Crippen LogP contribution in [0.25, 0.3) is 10.8 Å². The molecule has 8 heteroatoms. The lowest BCUT2D eigenvalue weighted by atomic mass is 9.96. The summed E-state index contributed by atoms with van der Waals surface area (Å²) in [5.74, 6) is -0.727. The van der Waals surface area contributed by atoms with Gasteiger partial charge in [-0.1, -0.05) is 6.07 Å². The van der Waals surface area contributed by atoms with Crippen LogP contribution in [0.4, 0.5) is 10.5 Å². The molecule has 2 aliphatic rings. The number of aromatic amines is 1. The molecular formula is C18H18N4O4. The molecule has 26 heavy (non-hydrogen) atoms. The van der Waals surface area contributed by atoms with Crippen LogP contribution in [0.1, 0.15) is 19.8 Å². The molecule has 8 nitrogen and oxygen atoms in total. The maximum atomic E-state index is 12.5. The molecule has 2 aromatic rings. The van der Waals surface area contributed by atoms with E-state index in [0.29, 0.717) is 11.1 Å². The molecule has 134 valence electrons. The second-order valence-corrected chi connectivity index (χ2v) is 6.96. The van der Waals surface area contributed by atoms with E-state index in [1.54, 1.807) is 37.4 Å². The minimum atomic E-state index is -0.909. The van der Waals surface area contributed by atoms with Crippen molar-refractivity contribution in [2.45, 2.75) is 25.3 Å². The zero-order valence-corrected chi connectivity index (χ0v) is 14.2. The highest BCUT2D eigenvalue weighted by atomic mass is 16.2. The van der Waals surface area contributed by atoms with Gasteiger partial charge in [-0.25, -0.2) is 4.79 Å². The number of urea groups is 1. The number of benzene rings is 1. The van der Waals surface area contributed by atoms with Gasteiger partial charge in [-0.3, -0.25) is 19.3 Å². The van der Waals surface area contributed by atoms with Crippen molar-refractivity contribution >= 4 is 34.3 Å². The number of nitrogens with zero attached hydrogens (tertiary/aromatic N) is 1. The van der Waals surface area contributed by atoms with Crippen LogP contribution in [-0.4, -0.2) is 39.8 Å². The molecule has 0 spiro atoms. The molecule has 1 aromatic carbocycles. The van der Waals surface area contributed by atoms with Crippen LogP contribution in [0.15, 0.2) is 35.3 Å². The lowest BCUT2D eigenvalue weighted by molar-refractivity contribution is -0.134. The summed E-state index contributed by atoms with van der Waals surface area (Å²) in [7, 11) is 0. The van der Waals surface area contributed by atoms with Gasteiger partial charge in [0, 0.05) is 17.3 Å². The fourth-order valence-corrected chi connectivity index (χ4v) is 3.40. The first-order valence-electron chi connectivity index (χ1n) is 8.44. The first-order valence-corrected chi connectivity index (χ1v) is 8.44. The number of carbonyl (C=O) groups excluding carboxylic acids is 3. The number of carbonyl (C=O) groups is 3. The Morgan fingerprint density at radius 1 is 1.27 bits per heavy atom. The maximum Gasteiger partial charge on any atom is 0.325 e.